The molecule has 4 heterocycles. The number of para-hydroxylation sites is 1. The molecule has 5 nitrogen and oxygen atoms in total. The van der Waals surface area contributed by atoms with E-state index in [4.69, 9.17) is 4.98 Å². The van der Waals surface area contributed by atoms with Crippen LogP contribution >= 0.6 is 15.9 Å². The van der Waals surface area contributed by atoms with Gasteiger partial charge >= 0.3 is 0 Å². The summed E-state index contributed by atoms with van der Waals surface area (Å²) < 4.78 is 28.4. The highest BCUT2D eigenvalue weighted by Crippen LogP contribution is 2.37. The van der Waals surface area contributed by atoms with Crippen LogP contribution in [0.2, 0.25) is 0 Å². The van der Waals surface area contributed by atoms with Gasteiger partial charge in [0.05, 0.1) is 26.6 Å². The number of hydrogen-bond donors (Lipinski definition) is 1. The van der Waals surface area contributed by atoms with E-state index in [1.807, 2.05) is 35.2 Å². The van der Waals surface area contributed by atoms with E-state index < -0.39 is 5.92 Å². The molecule has 0 radical (unpaired) electrons. The van der Waals surface area contributed by atoms with Crippen molar-refractivity contribution in [1.82, 2.24) is 15.0 Å². The number of rotatable bonds is 2. The van der Waals surface area contributed by atoms with Crippen molar-refractivity contribution >= 4 is 43.6 Å². The molecular weight excluding hydrogens is 466 g/mol. The smallest absolute Gasteiger partial charge is 0.249 e. The van der Waals surface area contributed by atoms with Gasteiger partial charge in [-0.2, -0.15) is 0 Å². The number of anilines is 1. The van der Waals surface area contributed by atoms with Crippen LogP contribution in [0.15, 0.2) is 58.1 Å². The molecule has 1 aliphatic rings. The molecule has 8 heteroatoms. The molecule has 0 bridgehead atoms. The molecule has 3 aromatic heterocycles. The summed E-state index contributed by atoms with van der Waals surface area (Å²) >= 11 is 3.46. The summed E-state index contributed by atoms with van der Waals surface area (Å²) in [5.41, 5.74) is 2.53. The summed E-state index contributed by atoms with van der Waals surface area (Å²) in [6.07, 6.45) is 3.17. The molecule has 31 heavy (non-hydrogen) atoms. The van der Waals surface area contributed by atoms with Gasteiger partial charge in [0.1, 0.15) is 5.82 Å². The van der Waals surface area contributed by atoms with Crippen molar-refractivity contribution in [3.05, 3.63) is 63.5 Å². The Morgan fingerprint density at radius 1 is 1.13 bits per heavy atom. The second-order valence-corrected chi connectivity index (χ2v) is 8.61. The van der Waals surface area contributed by atoms with E-state index >= 15 is 0 Å². The van der Waals surface area contributed by atoms with Gasteiger partial charge < -0.3 is 9.88 Å². The first-order chi connectivity index (χ1) is 14.9. The molecule has 0 saturated carbocycles. The van der Waals surface area contributed by atoms with Crippen LogP contribution in [0.25, 0.3) is 33.1 Å². The number of benzene rings is 1. The Hall–Kier alpha value is -2.87. The number of H-pyrrole nitrogens is 1. The van der Waals surface area contributed by atoms with Gasteiger partial charge in [-0.3, -0.25) is 9.78 Å². The molecule has 0 spiro atoms. The summed E-state index contributed by atoms with van der Waals surface area (Å²) in [5.74, 6) is -2.07. The van der Waals surface area contributed by atoms with Crippen molar-refractivity contribution in [2.24, 2.45) is 0 Å². The van der Waals surface area contributed by atoms with Crippen molar-refractivity contribution in [3.8, 4) is 11.3 Å². The highest BCUT2D eigenvalue weighted by Gasteiger charge is 2.33. The molecule has 5 rings (SSSR count). The third kappa shape index (κ3) is 3.69. The molecule has 1 N–H and O–H groups in total. The average molecular weight is 485 g/mol. The standard InChI is InChI=1S/C23H19BrF2N4O/c24-19-20(28-18-6-9-27-13-16(18)21(19)31)15-12-14-4-1-2-5-17(14)29-22(15)30-10-3-7-23(25,26)8-11-30/h1-2,4-6,9,12-13H,3,7-8,10-11H2,(H,28,31). The molecule has 0 atom stereocenters. The average Bonchev–Trinajstić information content (AvgIpc) is 2.96. The Kier molecular flexibility index (Phi) is 4.97. The first-order valence-electron chi connectivity index (χ1n) is 10.1. The van der Waals surface area contributed by atoms with Crippen molar-refractivity contribution < 1.29 is 8.78 Å². The van der Waals surface area contributed by atoms with E-state index in [0.717, 1.165) is 10.9 Å². The maximum Gasteiger partial charge on any atom is 0.249 e. The summed E-state index contributed by atoms with van der Waals surface area (Å²) in [5, 5.41) is 1.38. The lowest BCUT2D eigenvalue weighted by Gasteiger charge is -2.25. The van der Waals surface area contributed by atoms with Gasteiger partial charge in [0.25, 0.3) is 0 Å². The second-order valence-electron chi connectivity index (χ2n) is 7.81. The van der Waals surface area contributed by atoms with Crippen LogP contribution in [-0.4, -0.2) is 34.0 Å². The number of alkyl halides is 2. The van der Waals surface area contributed by atoms with Crippen LogP contribution in [0.3, 0.4) is 0 Å². The van der Waals surface area contributed by atoms with Crippen molar-refractivity contribution in [1.29, 1.82) is 0 Å². The largest absolute Gasteiger partial charge is 0.356 e. The number of fused-ring (bicyclic) bond motifs is 2. The molecule has 0 amide bonds. The van der Waals surface area contributed by atoms with Crippen LogP contribution in [0, 0.1) is 0 Å². The van der Waals surface area contributed by atoms with Crippen molar-refractivity contribution in [3.63, 3.8) is 0 Å². The Morgan fingerprint density at radius 2 is 1.97 bits per heavy atom. The molecule has 1 aromatic carbocycles. The van der Waals surface area contributed by atoms with Crippen molar-refractivity contribution in [2.45, 2.75) is 25.2 Å². The lowest BCUT2D eigenvalue weighted by atomic mass is 10.1. The molecule has 158 valence electrons. The minimum Gasteiger partial charge on any atom is -0.356 e. The molecule has 1 aliphatic heterocycles. The van der Waals surface area contributed by atoms with E-state index in [1.165, 1.54) is 6.20 Å². The van der Waals surface area contributed by atoms with Gasteiger partial charge in [-0.15, -0.1) is 0 Å². The quantitative estimate of drug-likeness (QED) is 0.406. The van der Waals surface area contributed by atoms with E-state index in [0.29, 0.717) is 45.4 Å². The topological polar surface area (TPSA) is 61.9 Å². The third-order valence-corrected chi connectivity index (χ3v) is 6.49. The number of halogens is 3. The van der Waals surface area contributed by atoms with Crippen LogP contribution in [0.5, 0.6) is 0 Å². The summed E-state index contributed by atoms with van der Waals surface area (Å²) in [6.45, 7) is 0.679. The van der Waals surface area contributed by atoms with Gasteiger partial charge in [0.15, 0.2) is 0 Å². The van der Waals surface area contributed by atoms with Gasteiger partial charge in [-0.1, -0.05) is 18.2 Å². The maximum atomic E-state index is 14.0. The molecule has 1 saturated heterocycles. The predicted octanol–water partition coefficient (Wildman–Crippen LogP) is 5.53. The molecule has 4 aromatic rings. The Balaban J connectivity index is 1.75. The van der Waals surface area contributed by atoms with E-state index in [-0.39, 0.29) is 24.8 Å². The summed E-state index contributed by atoms with van der Waals surface area (Å²) in [7, 11) is 0. The number of pyridine rings is 3. The zero-order valence-electron chi connectivity index (χ0n) is 16.5. The van der Waals surface area contributed by atoms with Crippen molar-refractivity contribution in [2.75, 3.05) is 18.0 Å². The fourth-order valence-electron chi connectivity index (χ4n) is 4.10. The second kappa shape index (κ2) is 7.67. The van der Waals surface area contributed by atoms with Gasteiger partial charge in [-0.25, -0.2) is 13.8 Å². The van der Waals surface area contributed by atoms with E-state index in [2.05, 4.69) is 25.9 Å². The van der Waals surface area contributed by atoms with Crippen LogP contribution in [-0.2, 0) is 0 Å². The molecular formula is C23H19BrF2N4O. The Morgan fingerprint density at radius 3 is 2.84 bits per heavy atom. The number of nitrogens with zero attached hydrogens (tertiary/aromatic N) is 3. The normalized spacial score (nSPS) is 16.5. The minimum absolute atomic E-state index is 0.129. The number of hydrogen-bond acceptors (Lipinski definition) is 4. The van der Waals surface area contributed by atoms with Crippen LogP contribution in [0.4, 0.5) is 14.6 Å². The van der Waals surface area contributed by atoms with E-state index in [9.17, 15) is 13.6 Å². The first kappa shape index (κ1) is 20.1. The first-order valence-corrected chi connectivity index (χ1v) is 10.9. The lowest BCUT2D eigenvalue weighted by Crippen LogP contribution is -2.27. The van der Waals surface area contributed by atoms with Crippen LogP contribution in [0.1, 0.15) is 19.3 Å². The SMILES string of the molecule is O=c1c(Br)c(-c2cc3ccccc3nc2N2CCCC(F)(F)CC2)[nH]c2ccncc12. The number of aromatic amines is 1. The molecule has 1 fully saturated rings. The fraction of sp³-hybridized carbons (Fsp3) is 0.261. The van der Waals surface area contributed by atoms with Gasteiger partial charge in [0.2, 0.25) is 11.4 Å². The Bertz CT molecular complexity index is 1350. The van der Waals surface area contributed by atoms with Crippen LogP contribution < -0.4 is 10.3 Å². The number of aromatic nitrogens is 3. The highest BCUT2D eigenvalue weighted by atomic mass is 79.9. The van der Waals surface area contributed by atoms with Gasteiger partial charge in [0, 0.05) is 49.3 Å². The zero-order valence-corrected chi connectivity index (χ0v) is 18.1. The Labute approximate surface area is 185 Å². The lowest BCUT2D eigenvalue weighted by molar-refractivity contribution is -0.0102. The minimum atomic E-state index is -2.67. The number of nitrogens with one attached hydrogen (secondary N) is 1. The van der Waals surface area contributed by atoms with Gasteiger partial charge in [-0.05, 0) is 40.5 Å². The zero-order chi connectivity index (χ0) is 21.6. The summed E-state index contributed by atoms with van der Waals surface area (Å²) in [6, 6.07) is 11.4. The molecule has 0 aliphatic carbocycles. The molecule has 0 unspecified atom stereocenters. The highest BCUT2D eigenvalue weighted by molar-refractivity contribution is 9.10. The fourth-order valence-corrected chi connectivity index (χ4v) is 4.62. The third-order valence-electron chi connectivity index (χ3n) is 5.73. The maximum absolute atomic E-state index is 14.0. The van der Waals surface area contributed by atoms with E-state index in [1.54, 1.807) is 12.3 Å². The predicted molar refractivity (Wildman–Crippen MR) is 122 cm³/mol. The monoisotopic (exact) mass is 484 g/mol. The summed E-state index contributed by atoms with van der Waals surface area (Å²) in [4.78, 5) is 27.1.